The van der Waals surface area contributed by atoms with Crippen LogP contribution < -0.4 is 10.1 Å². The summed E-state index contributed by atoms with van der Waals surface area (Å²) in [5, 5.41) is 4.48. The Kier molecular flexibility index (Phi) is 5.53. The van der Waals surface area contributed by atoms with Crippen LogP contribution in [0.5, 0.6) is 5.75 Å². The maximum absolute atomic E-state index is 5.97. The molecule has 21 heavy (non-hydrogen) atoms. The van der Waals surface area contributed by atoms with Crippen molar-refractivity contribution in [1.82, 2.24) is 15.2 Å². The van der Waals surface area contributed by atoms with Crippen molar-refractivity contribution < 1.29 is 4.74 Å². The van der Waals surface area contributed by atoms with Crippen molar-refractivity contribution in [3.63, 3.8) is 0 Å². The molecule has 0 amide bonds. The number of hydrogen-bond donors (Lipinski definition) is 1. The first kappa shape index (κ1) is 15.7. The van der Waals surface area contributed by atoms with Gasteiger partial charge in [-0.1, -0.05) is 26.0 Å². The van der Waals surface area contributed by atoms with E-state index < -0.39 is 0 Å². The zero-order chi connectivity index (χ0) is 15.2. The van der Waals surface area contributed by atoms with Gasteiger partial charge in [-0.25, -0.2) is 0 Å². The van der Waals surface area contributed by atoms with E-state index in [0.29, 0.717) is 12.6 Å². The number of para-hydroxylation sites is 1. The Balaban J connectivity index is 2.22. The highest BCUT2D eigenvalue weighted by molar-refractivity contribution is 5.85. The maximum atomic E-state index is 5.97. The van der Waals surface area contributed by atoms with Crippen LogP contribution in [0.15, 0.2) is 30.3 Å². The van der Waals surface area contributed by atoms with E-state index in [1.165, 1.54) is 0 Å². The summed E-state index contributed by atoms with van der Waals surface area (Å²) in [7, 11) is 4.10. The molecule has 2 rings (SSSR count). The molecular formula is C17H25N3O. The summed E-state index contributed by atoms with van der Waals surface area (Å²) in [5.41, 5.74) is 2.00. The molecule has 0 saturated heterocycles. The highest BCUT2D eigenvalue weighted by atomic mass is 16.5. The van der Waals surface area contributed by atoms with E-state index in [4.69, 9.17) is 9.72 Å². The van der Waals surface area contributed by atoms with Crippen molar-refractivity contribution in [3.05, 3.63) is 36.0 Å². The molecule has 0 bridgehead atoms. The fourth-order valence-corrected chi connectivity index (χ4v) is 2.05. The van der Waals surface area contributed by atoms with Crippen LogP contribution in [0.2, 0.25) is 0 Å². The van der Waals surface area contributed by atoms with Crippen molar-refractivity contribution in [2.75, 3.05) is 27.2 Å². The van der Waals surface area contributed by atoms with Gasteiger partial charge in [-0.05, 0) is 26.2 Å². The molecule has 0 unspecified atom stereocenters. The standard InChI is InChI=1S/C17H25N3O/c1-13(2)18-12-14-11-17(21-10-9-20(3)4)15-7-5-6-8-16(15)19-14/h5-8,11,13,18H,9-10,12H2,1-4H3. The van der Waals surface area contributed by atoms with Gasteiger partial charge in [0, 0.05) is 30.6 Å². The zero-order valence-electron chi connectivity index (χ0n) is 13.4. The van der Waals surface area contributed by atoms with E-state index >= 15 is 0 Å². The largest absolute Gasteiger partial charge is 0.491 e. The molecule has 1 heterocycles. The minimum Gasteiger partial charge on any atom is -0.491 e. The van der Waals surface area contributed by atoms with Gasteiger partial charge in [0.05, 0.1) is 11.2 Å². The minimum atomic E-state index is 0.441. The highest BCUT2D eigenvalue weighted by Gasteiger charge is 2.07. The lowest BCUT2D eigenvalue weighted by Crippen LogP contribution is -2.22. The second kappa shape index (κ2) is 7.38. The van der Waals surface area contributed by atoms with Crippen molar-refractivity contribution in [2.45, 2.75) is 26.4 Å². The first-order valence-electron chi connectivity index (χ1n) is 7.46. The monoisotopic (exact) mass is 287 g/mol. The number of pyridine rings is 1. The Hall–Kier alpha value is -1.65. The molecule has 0 aliphatic heterocycles. The van der Waals surface area contributed by atoms with E-state index in [9.17, 15) is 0 Å². The first-order chi connectivity index (χ1) is 10.1. The predicted octanol–water partition coefficient (Wildman–Crippen LogP) is 2.67. The number of benzene rings is 1. The molecule has 0 aliphatic rings. The van der Waals surface area contributed by atoms with Gasteiger partial charge < -0.3 is 15.0 Å². The summed E-state index contributed by atoms with van der Waals surface area (Å²) in [4.78, 5) is 6.81. The van der Waals surface area contributed by atoms with Crippen molar-refractivity contribution >= 4 is 10.9 Å². The zero-order valence-corrected chi connectivity index (χ0v) is 13.4. The molecule has 0 spiro atoms. The topological polar surface area (TPSA) is 37.4 Å². The molecule has 0 fully saturated rings. The SMILES string of the molecule is CC(C)NCc1cc(OCCN(C)C)c2ccccc2n1. The normalized spacial score (nSPS) is 11.5. The summed E-state index contributed by atoms with van der Waals surface area (Å²) in [6.07, 6.45) is 0. The number of ether oxygens (including phenoxy) is 1. The van der Waals surface area contributed by atoms with Crippen LogP contribution in [0, 0.1) is 0 Å². The minimum absolute atomic E-state index is 0.441. The van der Waals surface area contributed by atoms with Crippen LogP contribution >= 0.6 is 0 Å². The molecule has 4 heteroatoms. The summed E-state index contributed by atoms with van der Waals surface area (Å²) in [6.45, 7) is 6.60. The van der Waals surface area contributed by atoms with Crippen molar-refractivity contribution in [2.24, 2.45) is 0 Å². The van der Waals surface area contributed by atoms with Crippen LogP contribution in [0.4, 0.5) is 0 Å². The average Bonchev–Trinajstić information content (AvgIpc) is 2.44. The average molecular weight is 287 g/mol. The van der Waals surface area contributed by atoms with E-state index in [-0.39, 0.29) is 0 Å². The van der Waals surface area contributed by atoms with Crippen LogP contribution in [0.1, 0.15) is 19.5 Å². The lowest BCUT2D eigenvalue weighted by atomic mass is 10.1. The Morgan fingerprint density at radius 3 is 2.71 bits per heavy atom. The third-order valence-electron chi connectivity index (χ3n) is 3.22. The van der Waals surface area contributed by atoms with Crippen LogP contribution in [0.3, 0.4) is 0 Å². The highest BCUT2D eigenvalue weighted by Crippen LogP contribution is 2.25. The lowest BCUT2D eigenvalue weighted by Gasteiger charge is -2.14. The Bertz CT molecular complexity index is 581. The summed E-state index contributed by atoms with van der Waals surface area (Å²) in [5.74, 6) is 0.919. The van der Waals surface area contributed by atoms with E-state index in [1.807, 2.05) is 38.4 Å². The number of rotatable bonds is 7. The smallest absolute Gasteiger partial charge is 0.130 e. The number of aromatic nitrogens is 1. The van der Waals surface area contributed by atoms with Gasteiger partial charge in [0.25, 0.3) is 0 Å². The Morgan fingerprint density at radius 2 is 2.00 bits per heavy atom. The molecule has 2 aromatic rings. The van der Waals surface area contributed by atoms with Gasteiger partial charge in [-0.3, -0.25) is 4.98 Å². The number of likely N-dealkylation sites (N-methyl/N-ethyl adjacent to an activating group) is 1. The van der Waals surface area contributed by atoms with Crippen LogP contribution in [-0.2, 0) is 6.54 Å². The number of hydrogen-bond acceptors (Lipinski definition) is 4. The molecule has 0 saturated carbocycles. The summed E-state index contributed by atoms with van der Waals surface area (Å²) < 4.78 is 5.97. The lowest BCUT2D eigenvalue weighted by molar-refractivity contribution is 0.263. The first-order valence-corrected chi connectivity index (χ1v) is 7.46. The van der Waals surface area contributed by atoms with Gasteiger partial charge in [-0.2, -0.15) is 0 Å². The molecule has 0 aliphatic carbocycles. The molecule has 1 aromatic heterocycles. The Labute approximate surface area is 127 Å². The van der Waals surface area contributed by atoms with Crippen LogP contribution in [0.25, 0.3) is 10.9 Å². The maximum Gasteiger partial charge on any atom is 0.130 e. The molecule has 1 aromatic carbocycles. The third kappa shape index (κ3) is 4.69. The van der Waals surface area contributed by atoms with Crippen molar-refractivity contribution in [1.29, 1.82) is 0 Å². The number of nitrogens with one attached hydrogen (secondary N) is 1. The molecular weight excluding hydrogens is 262 g/mol. The second-order valence-electron chi connectivity index (χ2n) is 5.82. The second-order valence-corrected chi connectivity index (χ2v) is 5.82. The van der Waals surface area contributed by atoms with Gasteiger partial charge in [0.15, 0.2) is 0 Å². The molecule has 1 N–H and O–H groups in total. The molecule has 0 atom stereocenters. The number of nitrogens with zero attached hydrogens (tertiary/aromatic N) is 2. The Morgan fingerprint density at radius 1 is 1.24 bits per heavy atom. The van der Waals surface area contributed by atoms with Gasteiger partial charge in [0.1, 0.15) is 12.4 Å². The van der Waals surface area contributed by atoms with Crippen LogP contribution in [-0.4, -0.2) is 43.2 Å². The quantitative estimate of drug-likeness (QED) is 0.849. The van der Waals surface area contributed by atoms with E-state index in [1.54, 1.807) is 0 Å². The predicted molar refractivity (Wildman–Crippen MR) is 87.8 cm³/mol. The molecule has 114 valence electrons. The fraction of sp³-hybridized carbons (Fsp3) is 0.471. The van der Waals surface area contributed by atoms with Crippen molar-refractivity contribution in [3.8, 4) is 5.75 Å². The molecule has 0 radical (unpaired) electrons. The van der Waals surface area contributed by atoms with Gasteiger partial charge in [-0.15, -0.1) is 0 Å². The summed E-state index contributed by atoms with van der Waals surface area (Å²) in [6, 6.07) is 10.6. The van der Waals surface area contributed by atoms with E-state index in [2.05, 4.69) is 30.1 Å². The molecule has 4 nitrogen and oxygen atoms in total. The fourth-order valence-electron chi connectivity index (χ4n) is 2.05. The van der Waals surface area contributed by atoms with E-state index in [0.717, 1.165) is 35.4 Å². The summed E-state index contributed by atoms with van der Waals surface area (Å²) >= 11 is 0. The van der Waals surface area contributed by atoms with Gasteiger partial charge in [0.2, 0.25) is 0 Å². The third-order valence-corrected chi connectivity index (χ3v) is 3.22. The van der Waals surface area contributed by atoms with Gasteiger partial charge >= 0.3 is 0 Å². The number of fused-ring (bicyclic) bond motifs is 1.